The number of nitrogens with zero attached hydrogens (tertiary/aromatic N) is 2. The van der Waals surface area contributed by atoms with E-state index in [0.29, 0.717) is 26.2 Å². The van der Waals surface area contributed by atoms with Crippen LogP contribution in [0.25, 0.3) is 0 Å². The first-order valence-electron chi connectivity index (χ1n) is 7.69. The van der Waals surface area contributed by atoms with Crippen LogP contribution in [0.3, 0.4) is 0 Å². The number of rotatable bonds is 4. The lowest BCUT2D eigenvalue weighted by Crippen LogP contribution is -2.57. The maximum absolute atomic E-state index is 12.4. The Bertz CT molecular complexity index is 348. The molecule has 122 valence electrons. The summed E-state index contributed by atoms with van der Waals surface area (Å²) >= 11 is 0. The molecule has 1 unspecified atom stereocenters. The molecule has 0 spiro atoms. The van der Waals surface area contributed by atoms with Crippen molar-refractivity contribution in [3.8, 4) is 0 Å². The van der Waals surface area contributed by atoms with Crippen molar-refractivity contribution < 1.29 is 18.0 Å². The maximum atomic E-state index is 12.4. The van der Waals surface area contributed by atoms with Crippen LogP contribution in [0, 0.1) is 5.92 Å². The van der Waals surface area contributed by atoms with E-state index in [1.54, 1.807) is 0 Å². The summed E-state index contributed by atoms with van der Waals surface area (Å²) < 4.78 is 37.2. The zero-order valence-corrected chi connectivity index (χ0v) is 12.2. The van der Waals surface area contributed by atoms with Crippen molar-refractivity contribution in [3.05, 3.63) is 0 Å². The Balaban J connectivity index is 1.90. The first-order valence-corrected chi connectivity index (χ1v) is 7.69. The van der Waals surface area contributed by atoms with Gasteiger partial charge in [0.05, 0.1) is 12.6 Å². The van der Waals surface area contributed by atoms with Crippen LogP contribution in [-0.2, 0) is 4.79 Å². The Labute approximate surface area is 123 Å². The smallest absolute Gasteiger partial charge is 0.368 e. The van der Waals surface area contributed by atoms with Crippen LogP contribution < -0.4 is 5.73 Å². The van der Waals surface area contributed by atoms with Gasteiger partial charge in [-0.15, -0.1) is 0 Å². The van der Waals surface area contributed by atoms with Crippen molar-refractivity contribution in [3.63, 3.8) is 0 Å². The third-order valence-corrected chi connectivity index (χ3v) is 4.59. The molecular formula is C14H24F3N3O. The quantitative estimate of drug-likeness (QED) is 0.858. The molecule has 0 aromatic carbocycles. The molecule has 21 heavy (non-hydrogen) atoms. The van der Waals surface area contributed by atoms with Gasteiger partial charge in [0.1, 0.15) is 0 Å². The molecule has 1 saturated heterocycles. The summed E-state index contributed by atoms with van der Waals surface area (Å²) in [4.78, 5) is 15.2. The zero-order chi connectivity index (χ0) is 15.5. The number of carbonyl (C=O) groups excluding carboxylic acids is 1. The second-order valence-corrected chi connectivity index (χ2v) is 6.17. The number of alkyl halides is 3. The van der Waals surface area contributed by atoms with Gasteiger partial charge in [-0.25, -0.2) is 0 Å². The Morgan fingerprint density at radius 3 is 2.14 bits per heavy atom. The summed E-state index contributed by atoms with van der Waals surface area (Å²) in [6.07, 6.45) is 1.26. The van der Waals surface area contributed by atoms with Gasteiger partial charge in [-0.3, -0.25) is 14.6 Å². The molecule has 1 aliphatic carbocycles. The molecular weight excluding hydrogens is 283 g/mol. The topological polar surface area (TPSA) is 49.6 Å². The number of primary amides is 1. The summed E-state index contributed by atoms with van der Waals surface area (Å²) in [6.45, 7) is 0.790. The minimum atomic E-state index is -4.16. The summed E-state index contributed by atoms with van der Waals surface area (Å²) in [5.74, 6) is -0.0587. The van der Waals surface area contributed by atoms with Crippen LogP contribution in [-0.4, -0.2) is 60.6 Å². The molecule has 0 aromatic rings. The predicted molar refractivity (Wildman–Crippen MR) is 73.6 cm³/mol. The van der Waals surface area contributed by atoms with E-state index in [1.165, 1.54) is 11.3 Å². The lowest BCUT2D eigenvalue weighted by atomic mass is 9.82. The molecule has 2 rings (SSSR count). The largest absolute Gasteiger partial charge is 0.401 e. The van der Waals surface area contributed by atoms with Gasteiger partial charge in [0.15, 0.2) is 0 Å². The van der Waals surface area contributed by atoms with Gasteiger partial charge in [0.25, 0.3) is 0 Å². The normalized spacial score (nSPS) is 24.9. The fraction of sp³-hybridized carbons (Fsp3) is 0.929. The van der Waals surface area contributed by atoms with Crippen molar-refractivity contribution in [2.45, 2.75) is 44.3 Å². The van der Waals surface area contributed by atoms with Crippen molar-refractivity contribution in [2.75, 3.05) is 32.7 Å². The molecule has 1 atom stereocenters. The van der Waals surface area contributed by atoms with E-state index in [0.717, 1.165) is 25.7 Å². The summed E-state index contributed by atoms with van der Waals surface area (Å²) in [7, 11) is 0. The molecule has 2 N–H and O–H groups in total. The summed E-state index contributed by atoms with van der Waals surface area (Å²) in [6, 6.07) is -0.307. The first-order chi connectivity index (χ1) is 9.87. The molecule has 1 aliphatic heterocycles. The minimum absolute atomic E-state index is 0.269. The third kappa shape index (κ3) is 4.85. The predicted octanol–water partition coefficient (Wildman–Crippen LogP) is 1.60. The zero-order valence-electron chi connectivity index (χ0n) is 12.2. The van der Waals surface area contributed by atoms with E-state index in [-0.39, 0.29) is 17.9 Å². The fourth-order valence-electron chi connectivity index (χ4n) is 3.61. The van der Waals surface area contributed by atoms with Gasteiger partial charge in [-0.1, -0.05) is 19.3 Å². The molecule has 1 amide bonds. The highest BCUT2D eigenvalue weighted by molar-refractivity contribution is 5.80. The second-order valence-electron chi connectivity index (χ2n) is 6.17. The van der Waals surface area contributed by atoms with Crippen LogP contribution in [0.1, 0.15) is 32.1 Å². The Kier molecular flexibility index (Phi) is 5.48. The average Bonchev–Trinajstić information content (AvgIpc) is 2.40. The minimum Gasteiger partial charge on any atom is -0.368 e. The van der Waals surface area contributed by atoms with Gasteiger partial charge < -0.3 is 5.73 Å². The summed E-state index contributed by atoms with van der Waals surface area (Å²) in [5.41, 5.74) is 5.56. The summed E-state index contributed by atoms with van der Waals surface area (Å²) in [5, 5.41) is 0. The SMILES string of the molecule is NC(=O)C(C1CCCCC1)N1CCN(CC(F)(F)F)CC1. The van der Waals surface area contributed by atoms with Gasteiger partial charge in [-0.2, -0.15) is 13.2 Å². The standard InChI is InChI=1S/C14H24F3N3O/c15-14(16,17)10-19-6-8-20(9-7-19)12(13(18)21)11-4-2-1-3-5-11/h11-12H,1-10H2,(H2,18,21). The van der Waals surface area contributed by atoms with E-state index in [9.17, 15) is 18.0 Å². The lowest BCUT2D eigenvalue weighted by Gasteiger charge is -2.41. The van der Waals surface area contributed by atoms with Crippen molar-refractivity contribution in [1.29, 1.82) is 0 Å². The Hall–Kier alpha value is -0.820. The molecule has 0 bridgehead atoms. The molecule has 7 heteroatoms. The monoisotopic (exact) mass is 307 g/mol. The molecule has 2 aliphatic rings. The van der Waals surface area contributed by atoms with E-state index in [1.807, 2.05) is 4.90 Å². The molecule has 0 radical (unpaired) electrons. The molecule has 2 fully saturated rings. The number of halogens is 3. The molecule has 1 saturated carbocycles. The van der Waals surface area contributed by atoms with E-state index in [4.69, 9.17) is 5.73 Å². The highest BCUT2D eigenvalue weighted by Crippen LogP contribution is 2.29. The number of nitrogens with two attached hydrogens (primary N) is 1. The van der Waals surface area contributed by atoms with Gasteiger partial charge in [0, 0.05) is 26.2 Å². The van der Waals surface area contributed by atoms with Gasteiger partial charge in [0.2, 0.25) is 5.91 Å². The molecule has 1 heterocycles. The van der Waals surface area contributed by atoms with Gasteiger partial charge >= 0.3 is 6.18 Å². The highest BCUT2D eigenvalue weighted by Gasteiger charge is 2.37. The molecule has 0 aromatic heterocycles. The van der Waals surface area contributed by atoms with Crippen LogP contribution in [0.5, 0.6) is 0 Å². The fourth-order valence-corrected chi connectivity index (χ4v) is 3.61. The maximum Gasteiger partial charge on any atom is 0.401 e. The van der Waals surface area contributed by atoms with Crippen LogP contribution >= 0.6 is 0 Å². The number of amides is 1. The average molecular weight is 307 g/mol. The number of carbonyl (C=O) groups is 1. The second kappa shape index (κ2) is 6.96. The Morgan fingerprint density at radius 1 is 1.10 bits per heavy atom. The van der Waals surface area contributed by atoms with Crippen LogP contribution in [0.4, 0.5) is 13.2 Å². The lowest BCUT2D eigenvalue weighted by molar-refractivity contribution is -0.151. The van der Waals surface area contributed by atoms with Crippen LogP contribution in [0.2, 0.25) is 0 Å². The van der Waals surface area contributed by atoms with Crippen molar-refractivity contribution in [2.24, 2.45) is 11.7 Å². The van der Waals surface area contributed by atoms with Crippen molar-refractivity contribution >= 4 is 5.91 Å². The van der Waals surface area contributed by atoms with E-state index >= 15 is 0 Å². The van der Waals surface area contributed by atoms with E-state index < -0.39 is 12.7 Å². The number of hydrogen-bond acceptors (Lipinski definition) is 3. The molecule has 4 nitrogen and oxygen atoms in total. The first kappa shape index (κ1) is 16.5. The van der Waals surface area contributed by atoms with E-state index in [2.05, 4.69) is 0 Å². The third-order valence-electron chi connectivity index (χ3n) is 4.59. The Morgan fingerprint density at radius 2 is 1.67 bits per heavy atom. The number of piperazine rings is 1. The van der Waals surface area contributed by atoms with Crippen LogP contribution in [0.15, 0.2) is 0 Å². The highest BCUT2D eigenvalue weighted by atomic mass is 19.4. The van der Waals surface area contributed by atoms with Gasteiger partial charge in [-0.05, 0) is 18.8 Å². The number of hydrogen-bond donors (Lipinski definition) is 1. The van der Waals surface area contributed by atoms with Crippen molar-refractivity contribution in [1.82, 2.24) is 9.80 Å².